The normalized spacial score (nSPS) is 12.9. The van der Waals surface area contributed by atoms with Crippen molar-refractivity contribution in [1.82, 2.24) is 5.32 Å². The third kappa shape index (κ3) is 14.9. The van der Waals surface area contributed by atoms with E-state index in [1.165, 1.54) is 32.1 Å². The molecule has 0 aliphatic heterocycles. The van der Waals surface area contributed by atoms with Crippen LogP contribution in [0.2, 0.25) is 0 Å². The highest BCUT2D eigenvalue weighted by Gasteiger charge is 2.25. The van der Waals surface area contributed by atoms with Gasteiger partial charge in [-0.05, 0) is 39.2 Å². The topological polar surface area (TPSA) is 119 Å². The molecule has 2 atom stereocenters. The largest absolute Gasteiger partial charge is 0.481 e. The quantitative estimate of drug-likeness (QED) is 0.219. The summed E-state index contributed by atoms with van der Waals surface area (Å²) in [6, 6.07) is -0.744. The van der Waals surface area contributed by atoms with Crippen LogP contribution >= 0.6 is 0 Å². The average molecular weight is 415 g/mol. The number of carbonyl (C=O) groups is 3. The van der Waals surface area contributed by atoms with Crippen molar-refractivity contribution in [3.8, 4) is 0 Å². The van der Waals surface area contributed by atoms with Crippen molar-refractivity contribution in [1.29, 1.82) is 0 Å². The highest BCUT2D eigenvalue weighted by Crippen LogP contribution is 2.17. The van der Waals surface area contributed by atoms with Crippen LogP contribution in [0.25, 0.3) is 0 Å². The van der Waals surface area contributed by atoms with Gasteiger partial charge in [-0.3, -0.25) is 9.59 Å². The van der Waals surface area contributed by atoms with E-state index in [9.17, 15) is 19.5 Å². The molecular formula is C22H42N2O5. The number of nitrogens with one attached hydrogen (secondary N) is 1. The molecule has 7 heteroatoms. The van der Waals surface area contributed by atoms with E-state index in [-0.39, 0.29) is 13.0 Å². The summed E-state index contributed by atoms with van der Waals surface area (Å²) in [6.45, 7) is 4.65. The van der Waals surface area contributed by atoms with E-state index in [1.54, 1.807) is 6.92 Å². The molecule has 4 N–H and O–H groups in total. The zero-order chi connectivity index (χ0) is 21.9. The summed E-state index contributed by atoms with van der Waals surface area (Å²) in [6.07, 6.45) is 11.3. The van der Waals surface area contributed by atoms with Crippen LogP contribution in [0, 0.1) is 5.92 Å². The molecule has 170 valence electrons. The molecule has 0 aliphatic rings. The van der Waals surface area contributed by atoms with Gasteiger partial charge in [0.15, 0.2) is 0 Å². The van der Waals surface area contributed by atoms with Gasteiger partial charge >= 0.3 is 11.9 Å². The standard InChI is InChI=1S/C22H42N2O5/c1-3-5-6-7-8-9-10-11-14-18(21(26)27)17-20(25)24-19(15-12-13-16-23)22(28)29-4-2/h18-19H,3-17,23H2,1-2H3,(H,24,25)(H,26,27)/t18?,19-/m0/s1. The number of amides is 1. The Hall–Kier alpha value is -1.63. The van der Waals surface area contributed by atoms with Crippen molar-refractivity contribution in [2.45, 2.75) is 103 Å². The van der Waals surface area contributed by atoms with Crippen LogP contribution in [-0.4, -0.2) is 42.1 Å². The molecule has 0 aromatic rings. The Kier molecular flexibility index (Phi) is 17.4. The first-order valence-electron chi connectivity index (χ1n) is 11.3. The van der Waals surface area contributed by atoms with E-state index in [1.807, 2.05) is 0 Å². The Balaban J connectivity index is 4.36. The van der Waals surface area contributed by atoms with Gasteiger partial charge in [-0.1, -0.05) is 58.3 Å². The Morgan fingerprint density at radius 3 is 2.03 bits per heavy atom. The van der Waals surface area contributed by atoms with Gasteiger partial charge in [0, 0.05) is 6.42 Å². The second kappa shape index (κ2) is 18.4. The van der Waals surface area contributed by atoms with E-state index in [0.717, 1.165) is 25.7 Å². The van der Waals surface area contributed by atoms with Gasteiger partial charge < -0.3 is 20.9 Å². The van der Waals surface area contributed by atoms with Gasteiger partial charge in [0.25, 0.3) is 0 Å². The second-order valence-corrected chi connectivity index (χ2v) is 7.66. The lowest BCUT2D eigenvalue weighted by Crippen LogP contribution is -2.43. The lowest BCUT2D eigenvalue weighted by atomic mass is 9.96. The maximum atomic E-state index is 12.3. The highest BCUT2D eigenvalue weighted by molar-refractivity contribution is 5.86. The molecule has 0 heterocycles. The van der Waals surface area contributed by atoms with Crippen LogP contribution < -0.4 is 11.1 Å². The summed E-state index contributed by atoms with van der Waals surface area (Å²) in [7, 11) is 0. The van der Waals surface area contributed by atoms with Crippen LogP contribution in [0.5, 0.6) is 0 Å². The van der Waals surface area contributed by atoms with Gasteiger partial charge in [-0.15, -0.1) is 0 Å². The second-order valence-electron chi connectivity index (χ2n) is 7.66. The zero-order valence-electron chi connectivity index (χ0n) is 18.4. The fourth-order valence-electron chi connectivity index (χ4n) is 3.30. The van der Waals surface area contributed by atoms with Crippen molar-refractivity contribution in [3.05, 3.63) is 0 Å². The maximum Gasteiger partial charge on any atom is 0.328 e. The summed E-state index contributed by atoms with van der Waals surface area (Å²) in [5.41, 5.74) is 5.48. The van der Waals surface area contributed by atoms with E-state index < -0.39 is 29.8 Å². The Labute approximate surface area is 176 Å². The summed E-state index contributed by atoms with van der Waals surface area (Å²) in [5.74, 6) is -2.57. The number of esters is 1. The number of unbranched alkanes of at least 4 members (excludes halogenated alkanes) is 8. The predicted octanol–water partition coefficient (Wildman–Crippen LogP) is 3.79. The summed E-state index contributed by atoms with van der Waals surface area (Å²) >= 11 is 0. The average Bonchev–Trinajstić information content (AvgIpc) is 2.68. The third-order valence-corrected chi connectivity index (χ3v) is 5.04. The first-order valence-corrected chi connectivity index (χ1v) is 11.3. The number of ether oxygens (including phenoxy) is 1. The van der Waals surface area contributed by atoms with Crippen molar-refractivity contribution in [2.24, 2.45) is 11.7 Å². The number of hydrogen-bond acceptors (Lipinski definition) is 5. The zero-order valence-corrected chi connectivity index (χ0v) is 18.4. The monoisotopic (exact) mass is 414 g/mol. The molecule has 0 fully saturated rings. The molecule has 0 radical (unpaired) electrons. The number of aliphatic carboxylic acids is 1. The van der Waals surface area contributed by atoms with E-state index in [2.05, 4.69) is 12.2 Å². The van der Waals surface area contributed by atoms with Gasteiger partial charge in [0.1, 0.15) is 6.04 Å². The van der Waals surface area contributed by atoms with Crippen molar-refractivity contribution in [2.75, 3.05) is 13.2 Å². The van der Waals surface area contributed by atoms with E-state index in [0.29, 0.717) is 25.8 Å². The molecule has 7 nitrogen and oxygen atoms in total. The van der Waals surface area contributed by atoms with Crippen molar-refractivity contribution >= 4 is 17.8 Å². The number of hydrogen-bond donors (Lipinski definition) is 3. The minimum atomic E-state index is -0.959. The fourth-order valence-corrected chi connectivity index (χ4v) is 3.30. The van der Waals surface area contributed by atoms with E-state index >= 15 is 0 Å². The van der Waals surface area contributed by atoms with Crippen LogP contribution in [0.3, 0.4) is 0 Å². The molecule has 0 aromatic carbocycles. The molecule has 0 aromatic heterocycles. The lowest BCUT2D eigenvalue weighted by molar-refractivity contribution is -0.148. The van der Waals surface area contributed by atoms with Gasteiger partial charge in [0.2, 0.25) is 5.91 Å². The Morgan fingerprint density at radius 2 is 1.48 bits per heavy atom. The SMILES string of the molecule is CCCCCCCCCCC(CC(=O)N[C@@H](CCCCN)C(=O)OCC)C(=O)O. The van der Waals surface area contributed by atoms with Crippen molar-refractivity contribution < 1.29 is 24.2 Å². The number of carboxylic acid groups (broad SMARTS) is 1. The molecule has 1 amide bonds. The lowest BCUT2D eigenvalue weighted by Gasteiger charge is -2.19. The maximum absolute atomic E-state index is 12.3. The minimum Gasteiger partial charge on any atom is -0.481 e. The number of nitrogens with two attached hydrogens (primary N) is 1. The highest BCUT2D eigenvalue weighted by atomic mass is 16.5. The van der Waals surface area contributed by atoms with Crippen LogP contribution in [0.4, 0.5) is 0 Å². The summed E-state index contributed by atoms with van der Waals surface area (Å²) in [5, 5.41) is 12.1. The number of rotatable bonds is 19. The first-order chi connectivity index (χ1) is 14.0. The molecule has 0 rings (SSSR count). The van der Waals surface area contributed by atoms with Crippen LogP contribution in [0.1, 0.15) is 97.3 Å². The minimum absolute atomic E-state index is 0.112. The fraction of sp³-hybridized carbons (Fsp3) is 0.864. The van der Waals surface area contributed by atoms with Crippen LogP contribution in [-0.2, 0) is 19.1 Å². The van der Waals surface area contributed by atoms with Gasteiger partial charge in [0.05, 0.1) is 12.5 Å². The van der Waals surface area contributed by atoms with Gasteiger partial charge in [-0.25, -0.2) is 4.79 Å². The summed E-state index contributed by atoms with van der Waals surface area (Å²) in [4.78, 5) is 35.9. The molecule has 0 saturated carbocycles. The van der Waals surface area contributed by atoms with Crippen molar-refractivity contribution in [3.63, 3.8) is 0 Å². The third-order valence-electron chi connectivity index (χ3n) is 5.04. The van der Waals surface area contributed by atoms with Gasteiger partial charge in [-0.2, -0.15) is 0 Å². The summed E-state index contributed by atoms with van der Waals surface area (Å²) < 4.78 is 5.01. The molecule has 0 aliphatic carbocycles. The number of carbonyl (C=O) groups excluding carboxylic acids is 2. The smallest absolute Gasteiger partial charge is 0.328 e. The Bertz CT molecular complexity index is 456. The number of carboxylic acids is 1. The molecule has 0 bridgehead atoms. The molecule has 1 unspecified atom stereocenters. The first kappa shape index (κ1) is 27.4. The molecular weight excluding hydrogens is 372 g/mol. The Morgan fingerprint density at radius 1 is 0.897 bits per heavy atom. The molecule has 0 saturated heterocycles. The molecule has 29 heavy (non-hydrogen) atoms. The van der Waals surface area contributed by atoms with E-state index in [4.69, 9.17) is 10.5 Å². The van der Waals surface area contributed by atoms with Crippen LogP contribution in [0.15, 0.2) is 0 Å². The predicted molar refractivity (Wildman–Crippen MR) is 114 cm³/mol. The molecule has 0 spiro atoms.